The third kappa shape index (κ3) is 4.04. The number of amides is 1. The molecule has 2 aromatic heterocycles. The molecule has 1 aromatic carbocycles. The molecule has 0 spiro atoms. The molecule has 10 heteroatoms. The SMILES string of the molecule is CC1C=CC=C(C(=O)N2CCN(c3cnc4cc(F)c(F)cc4n3)CC[C@H]2C)C1n1nccn1. The highest BCUT2D eigenvalue weighted by Crippen LogP contribution is 2.32. The number of carbonyl (C=O) groups is 1. The van der Waals surface area contributed by atoms with Gasteiger partial charge in [-0.05, 0) is 13.3 Å². The summed E-state index contributed by atoms with van der Waals surface area (Å²) >= 11 is 0. The van der Waals surface area contributed by atoms with E-state index in [1.54, 1.807) is 23.4 Å². The number of aromatic nitrogens is 5. The Morgan fingerprint density at radius 2 is 1.76 bits per heavy atom. The highest BCUT2D eigenvalue weighted by molar-refractivity contribution is 5.95. The van der Waals surface area contributed by atoms with Gasteiger partial charge in [-0.15, -0.1) is 0 Å². The van der Waals surface area contributed by atoms with Gasteiger partial charge in [0.05, 0.1) is 29.6 Å². The van der Waals surface area contributed by atoms with Crippen LogP contribution in [0.15, 0.2) is 54.5 Å². The standard InChI is InChI=1S/C24H25F2N7O/c1-15-4-3-5-17(23(15)33-28-7-8-29-33)24(34)32-11-10-31(9-6-16(32)2)22-14-27-20-12-18(25)19(26)13-21(20)30-22/h3-5,7-8,12-16,23H,6,9-11H2,1-2H3/t15?,16-,23?/m1/s1. The van der Waals surface area contributed by atoms with Gasteiger partial charge in [0.1, 0.15) is 11.9 Å². The van der Waals surface area contributed by atoms with Gasteiger partial charge in [0.25, 0.3) is 5.91 Å². The van der Waals surface area contributed by atoms with Crippen molar-refractivity contribution in [3.63, 3.8) is 0 Å². The van der Waals surface area contributed by atoms with Crippen LogP contribution in [0.25, 0.3) is 11.0 Å². The number of nitrogens with zero attached hydrogens (tertiary/aromatic N) is 7. The summed E-state index contributed by atoms with van der Waals surface area (Å²) in [5.41, 5.74) is 1.26. The highest BCUT2D eigenvalue weighted by atomic mass is 19.2. The second kappa shape index (κ2) is 8.92. The zero-order valence-electron chi connectivity index (χ0n) is 19.0. The zero-order valence-corrected chi connectivity index (χ0v) is 19.0. The Bertz CT molecular complexity index is 1270. The Morgan fingerprint density at radius 3 is 2.53 bits per heavy atom. The summed E-state index contributed by atoms with van der Waals surface area (Å²) in [6.45, 7) is 5.78. The maximum Gasteiger partial charge on any atom is 0.252 e. The fourth-order valence-electron chi connectivity index (χ4n) is 4.63. The minimum Gasteiger partial charge on any atom is -0.353 e. The summed E-state index contributed by atoms with van der Waals surface area (Å²) in [7, 11) is 0. The van der Waals surface area contributed by atoms with Crippen molar-refractivity contribution in [1.29, 1.82) is 0 Å². The van der Waals surface area contributed by atoms with Crippen LogP contribution >= 0.6 is 0 Å². The van der Waals surface area contributed by atoms with Crippen molar-refractivity contribution in [2.24, 2.45) is 5.92 Å². The Labute approximate surface area is 195 Å². The molecule has 0 radical (unpaired) electrons. The van der Waals surface area contributed by atoms with E-state index in [-0.39, 0.29) is 23.9 Å². The van der Waals surface area contributed by atoms with Gasteiger partial charge in [-0.1, -0.05) is 25.2 Å². The van der Waals surface area contributed by atoms with Gasteiger partial charge < -0.3 is 9.80 Å². The van der Waals surface area contributed by atoms with Crippen LogP contribution in [0.3, 0.4) is 0 Å². The lowest BCUT2D eigenvalue weighted by molar-refractivity contribution is -0.129. The molecule has 8 nitrogen and oxygen atoms in total. The molecule has 3 aromatic rings. The van der Waals surface area contributed by atoms with Gasteiger partial charge in [-0.2, -0.15) is 15.0 Å². The predicted octanol–water partition coefficient (Wildman–Crippen LogP) is 3.30. The molecule has 2 aliphatic rings. The van der Waals surface area contributed by atoms with Crippen molar-refractivity contribution < 1.29 is 13.6 Å². The van der Waals surface area contributed by atoms with Crippen LogP contribution in [0.4, 0.5) is 14.6 Å². The Morgan fingerprint density at radius 1 is 1.03 bits per heavy atom. The first-order valence-electron chi connectivity index (χ1n) is 11.3. The molecular formula is C24H25F2N7O. The third-order valence-electron chi connectivity index (χ3n) is 6.56. The zero-order chi connectivity index (χ0) is 23.8. The van der Waals surface area contributed by atoms with E-state index in [9.17, 15) is 13.6 Å². The van der Waals surface area contributed by atoms with E-state index in [2.05, 4.69) is 20.2 Å². The molecule has 1 aliphatic heterocycles. The maximum atomic E-state index is 13.7. The van der Waals surface area contributed by atoms with E-state index in [0.29, 0.717) is 42.1 Å². The van der Waals surface area contributed by atoms with Crippen molar-refractivity contribution in [3.05, 3.63) is 66.2 Å². The quantitative estimate of drug-likeness (QED) is 0.591. The van der Waals surface area contributed by atoms with Gasteiger partial charge in [0, 0.05) is 49.3 Å². The summed E-state index contributed by atoms with van der Waals surface area (Å²) in [6.07, 6.45) is 11.3. The summed E-state index contributed by atoms with van der Waals surface area (Å²) in [5.74, 6) is -1.28. The first-order chi connectivity index (χ1) is 16.4. The van der Waals surface area contributed by atoms with Crippen molar-refractivity contribution in [3.8, 4) is 0 Å². The van der Waals surface area contributed by atoms with E-state index < -0.39 is 11.6 Å². The van der Waals surface area contributed by atoms with Gasteiger partial charge in [-0.3, -0.25) is 9.78 Å². The number of hydrogen-bond acceptors (Lipinski definition) is 6. The number of halogens is 2. The number of fused-ring (bicyclic) bond motifs is 1. The number of anilines is 1. The molecule has 1 amide bonds. The number of carbonyl (C=O) groups excluding carboxylic acids is 1. The largest absolute Gasteiger partial charge is 0.353 e. The first-order valence-corrected chi connectivity index (χ1v) is 11.3. The Balaban J connectivity index is 1.37. The van der Waals surface area contributed by atoms with Gasteiger partial charge >= 0.3 is 0 Å². The van der Waals surface area contributed by atoms with Crippen LogP contribution in [0.5, 0.6) is 0 Å². The molecule has 5 rings (SSSR count). The van der Waals surface area contributed by atoms with Crippen LogP contribution in [0.1, 0.15) is 26.3 Å². The van der Waals surface area contributed by atoms with Gasteiger partial charge in [0.15, 0.2) is 11.6 Å². The minimum absolute atomic E-state index is 0.00537. The minimum atomic E-state index is -0.953. The summed E-state index contributed by atoms with van der Waals surface area (Å²) in [6, 6.07) is 1.85. The molecule has 0 saturated carbocycles. The second-order valence-electron chi connectivity index (χ2n) is 8.77. The van der Waals surface area contributed by atoms with E-state index in [1.807, 2.05) is 41.9 Å². The number of hydrogen-bond donors (Lipinski definition) is 0. The average Bonchev–Trinajstić information content (AvgIpc) is 3.28. The van der Waals surface area contributed by atoms with Crippen molar-refractivity contribution in [2.75, 3.05) is 24.5 Å². The number of rotatable bonds is 3. The molecule has 3 atom stereocenters. The molecule has 34 heavy (non-hydrogen) atoms. The summed E-state index contributed by atoms with van der Waals surface area (Å²) in [5, 5.41) is 8.56. The molecule has 1 saturated heterocycles. The monoisotopic (exact) mass is 465 g/mol. The van der Waals surface area contributed by atoms with E-state index >= 15 is 0 Å². The fourth-order valence-corrected chi connectivity index (χ4v) is 4.63. The molecule has 1 fully saturated rings. The number of benzene rings is 1. The molecule has 176 valence electrons. The molecule has 2 unspecified atom stereocenters. The smallest absolute Gasteiger partial charge is 0.252 e. The molecule has 0 N–H and O–H groups in total. The molecule has 3 heterocycles. The summed E-state index contributed by atoms with van der Waals surface area (Å²) in [4.78, 5) is 28.0. The maximum absolute atomic E-state index is 13.7. The van der Waals surface area contributed by atoms with Crippen LogP contribution < -0.4 is 4.90 Å². The lowest BCUT2D eigenvalue weighted by Gasteiger charge is -2.32. The van der Waals surface area contributed by atoms with E-state index in [1.165, 1.54) is 0 Å². The van der Waals surface area contributed by atoms with E-state index in [4.69, 9.17) is 0 Å². The van der Waals surface area contributed by atoms with E-state index in [0.717, 1.165) is 18.6 Å². The lowest BCUT2D eigenvalue weighted by atomic mass is 9.89. The Hall–Kier alpha value is -3.69. The van der Waals surface area contributed by atoms with Crippen molar-refractivity contribution in [1.82, 2.24) is 29.9 Å². The molecular weight excluding hydrogens is 440 g/mol. The normalized spacial score (nSPS) is 23.2. The number of allylic oxidation sites excluding steroid dienone is 3. The van der Waals surface area contributed by atoms with Crippen LogP contribution in [0.2, 0.25) is 0 Å². The molecule has 0 bridgehead atoms. The van der Waals surface area contributed by atoms with Crippen LogP contribution in [-0.4, -0.2) is 61.4 Å². The van der Waals surface area contributed by atoms with Gasteiger partial charge in [-0.25, -0.2) is 13.8 Å². The topological polar surface area (TPSA) is 80.0 Å². The third-order valence-corrected chi connectivity index (χ3v) is 6.56. The lowest BCUT2D eigenvalue weighted by Crippen LogP contribution is -2.43. The van der Waals surface area contributed by atoms with Crippen molar-refractivity contribution >= 4 is 22.8 Å². The van der Waals surface area contributed by atoms with Gasteiger partial charge in [0.2, 0.25) is 0 Å². The summed E-state index contributed by atoms with van der Waals surface area (Å²) < 4.78 is 27.2. The first kappa shape index (κ1) is 22.1. The fraction of sp³-hybridized carbons (Fsp3) is 0.375. The average molecular weight is 466 g/mol. The molecule has 1 aliphatic carbocycles. The Kier molecular flexibility index (Phi) is 5.80. The van der Waals surface area contributed by atoms with Crippen LogP contribution in [0, 0.1) is 17.6 Å². The van der Waals surface area contributed by atoms with Crippen LogP contribution in [-0.2, 0) is 4.79 Å². The predicted molar refractivity (Wildman–Crippen MR) is 123 cm³/mol. The van der Waals surface area contributed by atoms with Crippen molar-refractivity contribution in [2.45, 2.75) is 32.4 Å². The second-order valence-corrected chi connectivity index (χ2v) is 8.77. The highest BCUT2D eigenvalue weighted by Gasteiger charge is 2.35.